The number of sulfonamides is 1. The molecule has 31 heavy (non-hydrogen) atoms. The van der Waals surface area contributed by atoms with Crippen LogP contribution in [0.3, 0.4) is 0 Å². The molecule has 0 spiro atoms. The molecule has 0 radical (unpaired) electrons. The van der Waals surface area contributed by atoms with Crippen molar-refractivity contribution >= 4 is 15.9 Å². The van der Waals surface area contributed by atoms with Crippen molar-refractivity contribution in [2.45, 2.75) is 58.1 Å². The molecular weight excluding hydrogens is 416 g/mol. The number of rotatable bonds is 10. The summed E-state index contributed by atoms with van der Waals surface area (Å²) >= 11 is 0. The van der Waals surface area contributed by atoms with E-state index < -0.39 is 10.0 Å². The molecule has 1 unspecified atom stereocenters. The van der Waals surface area contributed by atoms with Gasteiger partial charge < -0.3 is 14.4 Å². The Bertz CT molecular complexity index is 815. The molecule has 2 aliphatic rings. The molecule has 2 heterocycles. The van der Waals surface area contributed by atoms with Crippen LogP contribution in [0.1, 0.15) is 51.0 Å². The van der Waals surface area contributed by atoms with Crippen LogP contribution in [0.2, 0.25) is 0 Å². The van der Waals surface area contributed by atoms with Crippen LogP contribution in [0.4, 0.5) is 0 Å². The van der Waals surface area contributed by atoms with Gasteiger partial charge in [0.15, 0.2) is 0 Å². The molecule has 0 N–H and O–H groups in total. The topological polar surface area (TPSA) is 76.2 Å². The molecule has 7 nitrogen and oxygen atoms in total. The number of unbranched alkanes of at least 4 members (excludes halogenated alkanes) is 1. The number of hydrogen-bond donors (Lipinski definition) is 0. The van der Waals surface area contributed by atoms with Gasteiger partial charge in [0, 0.05) is 44.3 Å². The van der Waals surface area contributed by atoms with Crippen LogP contribution in [0, 0.1) is 5.92 Å². The number of carbonyl (C=O) groups excluding carboxylic acids is 1. The minimum Gasteiger partial charge on any atom is -0.496 e. The minimum atomic E-state index is -3.22. The highest BCUT2D eigenvalue weighted by atomic mass is 32.2. The molecule has 1 aromatic carbocycles. The van der Waals surface area contributed by atoms with E-state index in [0.29, 0.717) is 45.4 Å². The zero-order valence-electron chi connectivity index (χ0n) is 18.8. The van der Waals surface area contributed by atoms with Crippen molar-refractivity contribution < 1.29 is 22.7 Å². The summed E-state index contributed by atoms with van der Waals surface area (Å²) in [5, 5.41) is 0. The van der Waals surface area contributed by atoms with Gasteiger partial charge in [-0.2, -0.15) is 0 Å². The first-order valence-electron chi connectivity index (χ1n) is 11.4. The van der Waals surface area contributed by atoms with Crippen LogP contribution >= 0.6 is 0 Å². The second-order valence-corrected chi connectivity index (χ2v) is 10.6. The van der Waals surface area contributed by atoms with E-state index in [4.69, 9.17) is 9.47 Å². The quantitative estimate of drug-likeness (QED) is 0.545. The first-order valence-corrected chi connectivity index (χ1v) is 13.1. The van der Waals surface area contributed by atoms with Crippen molar-refractivity contribution in [2.75, 3.05) is 39.1 Å². The lowest BCUT2D eigenvalue weighted by Gasteiger charge is -2.34. The van der Waals surface area contributed by atoms with Gasteiger partial charge in [-0.15, -0.1) is 0 Å². The Morgan fingerprint density at radius 1 is 1.23 bits per heavy atom. The molecule has 0 bridgehead atoms. The molecule has 1 atom stereocenters. The molecular formula is C23H36N2O5S. The second-order valence-electron chi connectivity index (χ2n) is 8.51. The molecule has 3 rings (SSSR count). The molecule has 2 fully saturated rings. The molecule has 8 heteroatoms. The Morgan fingerprint density at radius 2 is 1.97 bits per heavy atom. The van der Waals surface area contributed by atoms with E-state index >= 15 is 0 Å². The van der Waals surface area contributed by atoms with E-state index in [1.165, 1.54) is 0 Å². The van der Waals surface area contributed by atoms with Crippen molar-refractivity contribution in [3.63, 3.8) is 0 Å². The van der Waals surface area contributed by atoms with E-state index in [0.717, 1.165) is 37.2 Å². The summed E-state index contributed by atoms with van der Waals surface area (Å²) in [6.45, 7) is 4.61. The maximum Gasteiger partial charge on any atom is 0.226 e. The van der Waals surface area contributed by atoms with Crippen molar-refractivity contribution in [3.05, 3.63) is 29.8 Å². The first-order chi connectivity index (χ1) is 14.9. The van der Waals surface area contributed by atoms with Crippen molar-refractivity contribution in [1.82, 2.24) is 9.21 Å². The first kappa shape index (κ1) is 24.0. The average Bonchev–Trinajstić information content (AvgIpc) is 3.30. The fourth-order valence-corrected chi connectivity index (χ4v) is 6.08. The summed E-state index contributed by atoms with van der Waals surface area (Å²) in [4.78, 5) is 15.4. The highest BCUT2D eigenvalue weighted by Gasteiger charge is 2.34. The van der Waals surface area contributed by atoms with Gasteiger partial charge in [0.25, 0.3) is 0 Å². The number of piperidine rings is 1. The molecule has 174 valence electrons. The van der Waals surface area contributed by atoms with Crippen LogP contribution in [-0.2, 0) is 26.1 Å². The normalized spacial score (nSPS) is 20.6. The zero-order valence-corrected chi connectivity index (χ0v) is 19.6. The number of carbonyl (C=O) groups is 1. The van der Waals surface area contributed by atoms with Gasteiger partial charge in [-0.1, -0.05) is 31.5 Å². The van der Waals surface area contributed by atoms with Gasteiger partial charge in [0.1, 0.15) is 5.75 Å². The maximum atomic E-state index is 13.5. The summed E-state index contributed by atoms with van der Waals surface area (Å²) in [5.41, 5.74) is 0.968. The van der Waals surface area contributed by atoms with Gasteiger partial charge in [-0.3, -0.25) is 4.79 Å². The average molecular weight is 453 g/mol. The van der Waals surface area contributed by atoms with Crippen LogP contribution in [0.15, 0.2) is 24.3 Å². The van der Waals surface area contributed by atoms with Gasteiger partial charge in [-0.25, -0.2) is 12.7 Å². The Labute approximate surface area is 186 Å². The van der Waals surface area contributed by atoms with E-state index in [1.807, 2.05) is 36.1 Å². The Morgan fingerprint density at radius 3 is 2.61 bits per heavy atom. The largest absolute Gasteiger partial charge is 0.496 e. The summed E-state index contributed by atoms with van der Waals surface area (Å²) in [6, 6.07) is 7.76. The van der Waals surface area contributed by atoms with Crippen LogP contribution in [0.25, 0.3) is 0 Å². The standard InChI is InChI=1S/C23H36N2O5S/c1-3-4-16-31(27,28)25-13-11-19(12-14-25)23(26)24(18-21-9-7-15-30-21)17-20-8-5-6-10-22(20)29-2/h5-6,8,10,19,21H,3-4,7,9,11-18H2,1-2H3. The molecule has 1 amide bonds. The van der Waals surface area contributed by atoms with E-state index in [-0.39, 0.29) is 23.7 Å². The Kier molecular flexibility index (Phi) is 8.75. The SMILES string of the molecule is CCCCS(=O)(=O)N1CCC(C(=O)N(Cc2ccccc2OC)CC2CCCO2)CC1. The lowest BCUT2D eigenvalue weighted by atomic mass is 9.96. The molecule has 2 saturated heterocycles. The number of ether oxygens (including phenoxy) is 2. The van der Waals surface area contributed by atoms with Gasteiger partial charge >= 0.3 is 0 Å². The van der Waals surface area contributed by atoms with Crippen LogP contribution in [0.5, 0.6) is 5.75 Å². The predicted octanol–water partition coefficient (Wildman–Crippen LogP) is 3.04. The number of hydrogen-bond acceptors (Lipinski definition) is 5. The van der Waals surface area contributed by atoms with Crippen LogP contribution in [-0.4, -0.2) is 68.7 Å². The third-order valence-electron chi connectivity index (χ3n) is 6.27. The number of methoxy groups -OCH3 is 1. The van der Waals surface area contributed by atoms with E-state index in [2.05, 4.69) is 0 Å². The Hall–Kier alpha value is -1.64. The lowest BCUT2D eigenvalue weighted by molar-refractivity contribution is -0.139. The Balaban J connectivity index is 1.67. The summed E-state index contributed by atoms with van der Waals surface area (Å²) in [7, 11) is -1.58. The fraction of sp³-hybridized carbons (Fsp3) is 0.696. The van der Waals surface area contributed by atoms with E-state index in [1.54, 1.807) is 11.4 Å². The van der Waals surface area contributed by atoms with Gasteiger partial charge in [0.05, 0.1) is 19.0 Å². The fourth-order valence-electron chi connectivity index (χ4n) is 4.40. The molecule has 1 aromatic rings. The second kappa shape index (κ2) is 11.3. The van der Waals surface area contributed by atoms with Crippen molar-refractivity contribution in [2.24, 2.45) is 5.92 Å². The molecule has 0 saturated carbocycles. The predicted molar refractivity (Wildman–Crippen MR) is 120 cm³/mol. The van der Waals surface area contributed by atoms with Gasteiger partial charge in [0.2, 0.25) is 15.9 Å². The lowest BCUT2D eigenvalue weighted by Crippen LogP contribution is -2.46. The highest BCUT2D eigenvalue weighted by Crippen LogP contribution is 2.26. The van der Waals surface area contributed by atoms with E-state index in [9.17, 15) is 13.2 Å². The third kappa shape index (κ3) is 6.43. The highest BCUT2D eigenvalue weighted by molar-refractivity contribution is 7.89. The third-order valence-corrected chi connectivity index (χ3v) is 8.22. The van der Waals surface area contributed by atoms with Gasteiger partial charge in [-0.05, 0) is 38.2 Å². The van der Waals surface area contributed by atoms with Crippen molar-refractivity contribution in [3.8, 4) is 5.75 Å². The molecule has 0 aromatic heterocycles. The monoisotopic (exact) mass is 452 g/mol. The zero-order chi connectivity index (χ0) is 22.3. The smallest absolute Gasteiger partial charge is 0.226 e. The molecule has 0 aliphatic carbocycles. The maximum absolute atomic E-state index is 13.5. The number of benzene rings is 1. The summed E-state index contributed by atoms with van der Waals surface area (Å²) in [5.74, 6) is 0.895. The number of amides is 1. The summed E-state index contributed by atoms with van der Waals surface area (Å²) < 4.78 is 37.8. The van der Waals surface area contributed by atoms with Crippen LogP contribution < -0.4 is 4.74 Å². The number of para-hydroxylation sites is 1. The van der Waals surface area contributed by atoms with Crippen molar-refractivity contribution in [1.29, 1.82) is 0 Å². The molecule has 2 aliphatic heterocycles. The summed E-state index contributed by atoms with van der Waals surface area (Å²) in [6.07, 6.45) is 4.72. The minimum absolute atomic E-state index is 0.0631. The number of nitrogens with zero attached hydrogens (tertiary/aromatic N) is 2.